The molecule has 70 valence electrons. The molecule has 13 heavy (non-hydrogen) atoms. The van der Waals surface area contributed by atoms with Crippen molar-refractivity contribution in [3.63, 3.8) is 0 Å². The SMILES string of the molecule is CSc1ccc(C(F)C=O)cc1Cl. The van der Waals surface area contributed by atoms with Gasteiger partial charge in [-0.15, -0.1) is 11.8 Å². The molecule has 0 spiro atoms. The molecule has 1 aromatic carbocycles. The summed E-state index contributed by atoms with van der Waals surface area (Å²) in [6.07, 6.45) is 0.561. The first-order valence-electron chi connectivity index (χ1n) is 3.62. The molecule has 0 bridgehead atoms. The van der Waals surface area contributed by atoms with Crippen molar-refractivity contribution in [3.05, 3.63) is 28.8 Å². The van der Waals surface area contributed by atoms with Crippen molar-refractivity contribution in [3.8, 4) is 0 Å². The molecule has 0 N–H and O–H groups in total. The van der Waals surface area contributed by atoms with E-state index in [4.69, 9.17) is 11.6 Å². The molecule has 1 nitrogen and oxygen atoms in total. The topological polar surface area (TPSA) is 17.1 Å². The first kappa shape index (κ1) is 10.5. The van der Waals surface area contributed by atoms with Crippen LogP contribution in [0.4, 0.5) is 4.39 Å². The van der Waals surface area contributed by atoms with E-state index in [0.29, 0.717) is 10.6 Å². The molecular weight excluding hydrogens is 211 g/mol. The van der Waals surface area contributed by atoms with Crippen LogP contribution in [0.1, 0.15) is 11.7 Å². The van der Waals surface area contributed by atoms with Gasteiger partial charge in [-0.05, 0) is 24.0 Å². The number of halogens is 2. The molecule has 0 heterocycles. The number of hydrogen-bond acceptors (Lipinski definition) is 2. The molecule has 1 unspecified atom stereocenters. The average molecular weight is 219 g/mol. The third kappa shape index (κ3) is 2.45. The Bertz CT molecular complexity index is 316. The number of carbonyl (C=O) groups excluding carboxylic acids is 1. The van der Waals surface area contributed by atoms with Crippen molar-refractivity contribution < 1.29 is 9.18 Å². The lowest BCUT2D eigenvalue weighted by atomic mass is 10.1. The van der Waals surface area contributed by atoms with Crippen LogP contribution in [0, 0.1) is 0 Å². The minimum Gasteiger partial charge on any atom is -0.300 e. The summed E-state index contributed by atoms with van der Waals surface area (Å²) in [4.78, 5) is 11.0. The highest BCUT2D eigenvalue weighted by Gasteiger charge is 2.09. The third-order valence-corrected chi connectivity index (χ3v) is 2.83. The van der Waals surface area contributed by atoms with E-state index in [9.17, 15) is 9.18 Å². The zero-order valence-corrected chi connectivity index (χ0v) is 8.53. The van der Waals surface area contributed by atoms with Crippen molar-refractivity contribution >= 4 is 29.6 Å². The zero-order chi connectivity index (χ0) is 9.84. The molecule has 0 saturated heterocycles. The maximum absolute atomic E-state index is 12.8. The Morgan fingerprint density at radius 2 is 2.31 bits per heavy atom. The maximum Gasteiger partial charge on any atom is 0.180 e. The maximum atomic E-state index is 12.8. The highest BCUT2D eigenvalue weighted by atomic mass is 35.5. The van der Waals surface area contributed by atoms with Gasteiger partial charge in [-0.1, -0.05) is 17.7 Å². The fourth-order valence-electron chi connectivity index (χ4n) is 0.933. The lowest BCUT2D eigenvalue weighted by Crippen LogP contribution is -1.92. The van der Waals surface area contributed by atoms with Gasteiger partial charge in [0.05, 0.1) is 5.02 Å². The van der Waals surface area contributed by atoms with Gasteiger partial charge in [0, 0.05) is 4.90 Å². The first-order chi connectivity index (χ1) is 6.19. The van der Waals surface area contributed by atoms with Crippen molar-refractivity contribution in [1.82, 2.24) is 0 Å². The fourth-order valence-corrected chi connectivity index (χ4v) is 1.81. The molecule has 1 rings (SSSR count). The first-order valence-corrected chi connectivity index (χ1v) is 5.22. The van der Waals surface area contributed by atoms with Crippen molar-refractivity contribution in [1.29, 1.82) is 0 Å². The molecule has 0 aliphatic heterocycles. The zero-order valence-electron chi connectivity index (χ0n) is 6.96. The van der Waals surface area contributed by atoms with Gasteiger partial charge in [0.15, 0.2) is 12.5 Å². The predicted molar refractivity (Wildman–Crippen MR) is 53.1 cm³/mol. The van der Waals surface area contributed by atoms with E-state index < -0.39 is 6.17 Å². The van der Waals surface area contributed by atoms with Crippen LogP contribution in [-0.4, -0.2) is 12.5 Å². The number of carbonyl (C=O) groups is 1. The molecule has 0 aliphatic carbocycles. The van der Waals surface area contributed by atoms with Crippen molar-refractivity contribution in [2.24, 2.45) is 0 Å². The molecule has 1 aromatic rings. The number of rotatable bonds is 3. The molecule has 1 atom stereocenters. The van der Waals surface area contributed by atoms with E-state index >= 15 is 0 Å². The van der Waals surface area contributed by atoms with Crippen LogP contribution < -0.4 is 0 Å². The van der Waals surface area contributed by atoms with Gasteiger partial charge < -0.3 is 0 Å². The number of hydrogen-bond donors (Lipinski definition) is 0. The number of alkyl halides is 1. The van der Waals surface area contributed by atoms with E-state index in [1.54, 1.807) is 12.1 Å². The van der Waals surface area contributed by atoms with Gasteiger partial charge in [0.2, 0.25) is 0 Å². The minimum atomic E-state index is -1.58. The van der Waals surface area contributed by atoms with Crippen LogP contribution in [0.2, 0.25) is 5.02 Å². The van der Waals surface area contributed by atoms with Crippen LogP contribution in [-0.2, 0) is 4.79 Å². The molecule has 0 fully saturated rings. The quantitative estimate of drug-likeness (QED) is 0.572. The molecule has 0 amide bonds. The van der Waals surface area contributed by atoms with Gasteiger partial charge in [-0.3, -0.25) is 4.79 Å². The van der Waals surface area contributed by atoms with Crippen LogP contribution in [0.15, 0.2) is 23.1 Å². The summed E-state index contributed by atoms with van der Waals surface area (Å²) < 4.78 is 12.8. The summed E-state index contributed by atoms with van der Waals surface area (Å²) in [7, 11) is 0. The second-order valence-electron chi connectivity index (χ2n) is 2.43. The van der Waals surface area contributed by atoms with E-state index in [1.807, 2.05) is 6.26 Å². The van der Waals surface area contributed by atoms with Crippen molar-refractivity contribution in [2.45, 2.75) is 11.1 Å². The summed E-state index contributed by atoms with van der Waals surface area (Å²) in [6, 6.07) is 4.75. The normalized spacial score (nSPS) is 12.5. The summed E-state index contributed by atoms with van der Waals surface area (Å²) in [5.74, 6) is 0. The van der Waals surface area contributed by atoms with Crippen LogP contribution in [0.3, 0.4) is 0 Å². The van der Waals surface area contributed by atoms with E-state index in [-0.39, 0.29) is 6.29 Å². The van der Waals surface area contributed by atoms with Gasteiger partial charge in [0.1, 0.15) is 0 Å². The Balaban J connectivity index is 3.02. The standard InChI is InChI=1S/C9H8ClFOS/c1-13-9-3-2-6(4-7(9)10)8(11)5-12/h2-5,8H,1H3. The average Bonchev–Trinajstić information content (AvgIpc) is 2.16. The predicted octanol–water partition coefficient (Wildman–Crippen LogP) is 3.27. The summed E-state index contributed by atoms with van der Waals surface area (Å²) >= 11 is 7.31. The summed E-state index contributed by atoms with van der Waals surface area (Å²) in [5.41, 5.74) is 0.304. The van der Waals surface area contributed by atoms with E-state index in [0.717, 1.165) is 4.90 Å². The second-order valence-corrected chi connectivity index (χ2v) is 3.69. The Morgan fingerprint density at radius 3 is 2.77 bits per heavy atom. The Labute approximate surface area is 85.3 Å². The monoisotopic (exact) mass is 218 g/mol. The summed E-state index contributed by atoms with van der Waals surface area (Å²) in [6.45, 7) is 0. The van der Waals surface area contributed by atoms with Crippen molar-refractivity contribution in [2.75, 3.05) is 6.26 Å². The molecule has 0 aromatic heterocycles. The van der Waals surface area contributed by atoms with Gasteiger partial charge in [-0.25, -0.2) is 4.39 Å². The van der Waals surface area contributed by atoms with Crippen LogP contribution >= 0.6 is 23.4 Å². The summed E-state index contributed by atoms with van der Waals surface area (Å²) in [5, 5.41) is 0.481. The molecular formula is C9H8ClFOS. The van der Waals surface area contributed by atoms with Gasteiger partial charge >= 0.3 is 0 Å². The lowest BCUT2D eigenvalue weighted by Gasteiger charge is -2.04. The Morgan fingerprint density at radius 1 is 1.62 bits per heavy atom. The highest BCUT2D eigenvalue weighted by molar-refractivity contribution is 7.98. The number of benzene rings is 1. The lowest BCUT2D eigenvalue weighted by molar-refractivity contribution is -0.112. The second kappa shape index (κ2) is 4.63. The van der Waals surface area contributed by atoms with Gasteiger partial charge in [-0.2, -0.15) is 0 Å². The largest absolute Gasteiger partial charge is 0.300 e. The highest BCUT2D eigenvalue weighted by Crippen LogP contribution is 2.28. The van der Waals surface area contributed by atoms with E-state index in [2.05, 4.69) is 0 Å². The number of aldehydes is 1. The molecule has 0 radical (unpaired) electrons. The van der Waals surface area contributed by atoms with E-state index in [1.165, 1.54) is 17.8 Å². The molecule has 0 saturated carbocycles. The third-order valence-electron chi connectivity index (χ3n) is 1.61. The fraction of sp³-hybridized carbons (Fsp3) is 0.222. The van der Waals surface area contributed by atoms with Crippen LogP contribution in [0.5, 0.6) is 0 Å². The smallest absolute Gasteiger partial charge is 0.180 e. The minimum absolute atomic E-state index is 0.254. The number of thioether (sulfide) groups is 1. The molecule has 0 aliphatic rings. The van der Waals surface area contributed by atoms with Crippen LogP contribution in [0.25, 0.3) is 0 Å². The Hall–Kier alpha value is -0.540. The van der Waals surface area contributed by atoms with Gasteiger partial charge in [0.25, 0.3) is 0 Å². The molecule has 4 heteroatoms. The Kier molecular flexibility index (Phi) is 3.75.